The molecule has 5 nitrogen and oxygen atoms in total. The first-order valence-corrected chi connectivity index (χ1v) is 10.4. The molecule has 0 bridgehead atoms. The Morgan fingerprint density at radius 2 is 2.00 bits per heavy atom. The number of nitrogens with zero attached hydrogens (tertiary/aromatic N) is 4. The van der Waals surface area contributed by atoms with Crippen LogP contribution >= 0.6 is 11.3 Å². The number of rotatable bonds is 5. The van der Waals surface area contributed by atoms with Crippen molar-refractivity contribution < 1.29 is 9.18 Å². The number of piperidine rings is 1. The van der Waals surface area contributed by atoms with Crippen molar-refractivity contribution in [1.29, 1.82) is 0 Å². The SMILES string of the molecule is CCN1CCC(F)(C(=O)Cc2cc3cc(-c4nnc(C)s4)ccc3cn2)CC1. The first-order chi connectivity index (χ1) is 13.5. The Hall–Kier alpha value is -2.25. The third kappa shape index (κ3) is 3.82. The maximum Gasteiger partial charge on any atom is 0.175 e. The summed E-state index contributed by atoms with van der Waals surface area (Å²) in [6.45, 7) is 6.15. The summed E-state index contributed by atoms with van der Waals surface area (Å²) in [5.41, 5.74) is -0.137. The van der Waals surface area contributed by atoms with E-state index in [1.54, 1.807) is 6.20 Å². The fourth-order valence-electron chi connectivity index (χ4n) is 3.65. The Labute approximate surface area is 167 Å². The molecule has 1 aliphatic heterocycles. The second-order valence-corrected chi connectivity index (χ2v) is 8.54. The molecular weight excluding hydrogens is 375 g/mol. The number of ketones is 1. The first kappa shape index (κ1) is 19.1. The van der Waals surface area contributed by atoms with Gasteiger partial charge in [0, 0.05) is 48.8 Å². The third-order valence-corrected chi connectivity index (χ3v) is 6.38. The topological polar surface area (TPSA) is 59.0 Å². The summed E-state index contributed by atoms with van der Waals surface area (Å²) < 4.78 is 15.1. The highest BCUT2D eigenvalue weighted by molar-refractivity contribution is 7.14. The lowest BCUT2D eigenvalue weighted by Gasteiger charge is -2.34. The van der Waals surface area contributed by atoms with Crippen molar-refractivity contribution in [3.8, 4) is 10.6 Å². The van der Waals surface area contributed by atoms with E-state index in [1.807, 2.05) is 31.2 Å². The van der Waals surface area contributed by atoms with Gasteiger partial charge < -0.3 is 4.90 Å². The van der Waals surface area contributed by atoms with Crippen LogP contribution in [0.5, 0.6) is 0 Å². The van der Waals surface area contributed by atoms with Gasteiger partial charge >= 0.3 is 0 Å². The number of carbonyl (C=O) groups is 1. The number of pyridine rings is 1. The van der Waals surface area contributed by atoms with Crippen LogP contribution in [0.3, 0.4) is 0 Å². The molecule has 1 aliphatic rings. The van der Waals surface area contributed by atoms with E-state index in [-0.39, 0.29) is 25.0 Å². The monoisotopic (exact) mass is 398 g/mol. The van der Waals surface area contributed by atoms with Gasteiger partial charge in [0.15, 0.2) is 11.5 Å². The molecule has 1 fully saturated rings. The lowest BCUT2D eigenvalue weighted by Crippen LogP contribution is -2.47. The number of aromatic nitrogens is 3. The van der Waals surface area contributed by atoms with Gasteiger partial charge in [0.1, 0.15) is 10.0 Å². The van der Waals surface area contributed by atoms with Gasteiger partial charge in [-0.15, -0.1) is 10.2 Å². The van der Waals surface area contributed by atoms with E-state index in [0.29, 0.717) is 18.8 Å². The Bertz CT molecular complexity index is 1010. The van der Waals surface area contributed by atoms with Crippen molar-refractivity contribution in [1.82, 2.24) is 20.1 Å². The minimum atomic E-state index is -1.73. The van der Waals surface area contributed by atoms with Crippen molar-refractivity contribution in [3.05, 3.63) is 41.2 Å². The zero-order chi connectivity index (χ0) is 19.7. The Kier molecular flexibility index (Phi) is 5.21. The highest BCUT2D eigenvalue weighted by Gasteiger charge is 2.40. The number of halogens is 1. The number of Topliss-reactive ketones (excluding diaryl/α,β-unsaturated/α-hetero) is 1. The van der Waals surface area contributed by atoms with E-state index in [9.17, 15) is 4.79 Å². The number of benzene rings is 1. The zero-order valence-electron chi connectivity index (χ0n) is 16.1. The van der Waals surface area contributed by atoms with Crippen LogP contribution in [-0.2, 0) is 11.2 Å². The van der Waals surface area contributed by atoms with Crippen molar-refractivity contribution >= 4 is 27.9 Å². The predicted molar refractivity (Wildman–Crippen MR) is 109 cm³/mol. The standard InChI is InChI=1S/C21H23FN4OS/c1-3-26-8-6-21(22,7-9-26)19(27)12-18-11-17-10-15(4-5-16(17)13-23-18)20-25-24-14(2)28-20/h4-5,10-11,13H,3,6-9,12H2,1-2H3. The molecule has 0 N–H and O–H groups in total. The molecule has 146 valence electrons. The molecule has 0 radical (unpaired) electrons. The van der Waals surface area contributed by atoms with Gasteiger partial charge in [-0.05, 0) is 31.0 Å². The number of carbonyl (C=O) groups excluding carboxylic acids is 1. The summed E-state index contributed by atoms with van der Waals surface area (Å²) in [5, 5.41) is 12.0. The highest BCUT2D eigenvalue weighted by atomic mass is 32.1. The Balaban J connectivity index is 1.54. The maximum absolute atomic E-state index is 15.1. The van der Waals surface area contributed by atoms with Gasteiger partial charge in [-0.1, -0.05) is 30.4 Å². The second-order valence-electron chi connectivity index (χ2n) is 7.36. The predicted octanol–water partition coefficient (Wildman–Crippen LogP) is 4.00. The molecular formula is C21H23FN4OS. The smallest absolute Gasteiger partial charge is 0.175 e. The van der Waals surface area contributed by atoms with Crippen LogP contribution in [0.25, 0.3) is 21.3 Å². The third-order valence-electron chi connectivity index (χ3n) is 5.49. The van der Waals surface area contributed by atoms with Crippen molar-refractivity contribution in [3.63, 3.8) is 0 Å². The van der Waals surface area contributed by atoms with Crippen LogP contribution in [0, 0.1) is 6.92 Å². The number of hydrogen-bond acceptors (Lipinski definition) is 6. The second kappa shape index (κ2) is 7.64. The molecule has 3 aromatic rings. The number of aryl methyl sites for hydroxylation is 1. The van der Waals surface area contributed by atoms with E-state index in [2.05, 4.69) is 27.0 Å². The fourth-order valence-corrected chi connectivity index (χ4v) is 4.34. The maximum atomic E-state index is 15.1. The number of alkyl halides is 1. The Morgan fingerprint density at radius 3 is 2.68 bits per heavy atom. The lowest BCUT2D eigenvalue weighted by atomic mass is 9.87. The average Bonchev–Trinajstić information content (AvgIpc) is 3.14. The normalized spacial score (nSPS) is 17.1. The van der Waals surface area contributed by atoms with Gasteiger partial charge in [0.2, 0.25) is 0 Å². The van der Waals surface area contributed by atoms with Crippen LogP contribution in [-0.4, -0.2) is 51.2 Å². The average molecular weight is 399 g/mol. The van der Waals surface area contributed by atoms with Crippen LogP contribution < -0.4 is 0 Å². The molecule has 0 amide bonds. The molecule has 7 heteroatoms. The quantitative estimate of drug-likeness (QED) is 0.650. The van der Waals surface area contributed by atoms with Gasteiger partial charge in [0.05, 0.1) is 6.42 Å². The summed E-state index contributed by atoms with van der Waals surface area (Å²) in [7, 11) is 0. The molecule has 0 unspecified atom stereocenters. The molecule has 28 heavy (non-hydrogen) atoms. The fraction of sp³-hybridized carbons (Fsp3) is 0.429. The van der Waals surface area contributed by atoms with Crippen LogP contribution in [0.1, 0.15) is 30.5 Å². The van der Waals surface area contributed by atoms with Gasteiger partial charge in [0.25, 0.3) is 0 Å². The van der Waals surface area contributed by atoms with E-state index in [4.69, 9.17) is 0 Å². The van der Waals surface area contributed by atoms with Gasteiger partial charge in [-0.2, -0.15) is 0 Å². The van der Waals surface area contributed by atoms with E-state index in [0.717, 1.165) is 32.9 Å². The van der Waals surface area contributed by atoms with Gasteiger partial charge in [-0.25, -0.2) is 4.39 Å². The molecule has 1 aromatic carbocycles. The van der Waals surface area contributed by atoms with Gasteiger partial charge in [-0.3, -0.25) is 9.78 Å². The van der Waals surface area contributed by atoms with Crippen LogP contribution in [0.15, 0.2) is 30.5 Å². The van der Waals surface area contributed by atoms with Crippen LogP contribution in [0.4, 0.5) is 4.39 Å². The Morgan fingerprint density at radius 1 is 1.21 bits per heavy atom. The molecule has 4 rings (SSSR count). The van der Waals surface area contributed by atoms with E-state index >= 15 is 4.39 Å². The molecule has 1 saturated heterocycles. The molecule has 3 heterocycles. The molecule has 0 aliphatic carbocycles. The first-order valence-electron chi connectivity index (χ1n) is 9.60. The van der Waals surface area contributed by atoms with Crippen molar-refractivity contribution in [2.75, 3.05) is 19.6 Å². The summed E-state index contributed by atoms with van der Waals surface area (Å²) in [5.74, 6) is -0.356. The number of fused-ring (bicyclic) bond motifs is 1. The zero-order valence-corrected chi connectivity index (χ0v) is 16.9. The molecule has 0 saturated carbocycles. The summed E-state index contributed by atoms with van der Waals surface area (Å²) >= 11 is 1.54. The van der Waals surface area contributed by atoms with Crippen molar-refractivity contribution in [2.24, 2.45) is 0 Å². The minimum absolute atomic E-state index is 0.0285. The molecule has 0 spiro atoms. The van der Waals surface area contributed by atoms with E-state index in [1.165, 1.54) is 11.3 Å². The minimum Gasteiger partial charge on any atom is -0.303 e. The molecule has 2 aromatic heterocycles. The lowest BCUT2D eigenvalue weighted by molar-refractivity contribution is -0.133. The number of hydrogen-bond donors (Lipinski definition) is 0. The summed E-state index contributed by atoms with van der Waals surface area (Å²) in [6, 6.07) is 7.88. The summed E-state index contributed by atoms with van der Waals surface area (Å²) in [6.07, 6.45) is 2.32. The number of likely N-dealkylation sites (tertiary alicyclic amines) is 1. The highest BCUT2D eigenvalue weighted by Crippen LogP contribution is 2.30. The van der Waals surface area contributed by atoms with Crippen LogP contribution in [0.2, 0.25) is 0 Å². The molecule has 0 atom stereocenters. The van der Waals surface area contributed by atoms with Crippen molar-refractivity contribution in [2.45, 2.75) is 38.8 Å². The largest absolute Gasteiger partial charge is 0.303 e. The van der Waals surface area contributed by atoms with E-state index < -0.39 is 5.67 Å². The summed E-state index contributed by atoms with van der Waals surface area (Å²) in [4.78, 5) is 19.2.